The van der Waals surface area contributed by atoms with E-state index in [1.807, 2.05) is 11.8 Å². The summed E-state index contributed by atoms with van der Waals surface area (Å²) in [5.74, 6) is 0.0245. The lowest BCUT2D eigenvalue weighted by Crippen LogP contribution is -2.54. The highest BCUT2D eigenvalue weighted by atomic mass is 16.5. The van der Waals surface area contributed by atoms with Crippen molar-refractivity contribution in [3.05, 3.63) is 58.7 Å². The third-order valence-electron chi connectivity index (χ3n) is 9.32. The van der Waals surface area contributed by atoms with Crippen LogP contribution in [0.4, 0.5) is 0 Å². The number of ether oxygens (including phenoxy) is 3. The maximum absolute atomic E-state index is 13.5. The second-order valence-electron chi connectivity index (χ2n) is 11.8. The molecule has 3 fully saturated rings. The Balaban J connectivity index is 1.15. The molecule has 0 radical (unpaired) electrons. The van der Waals surface area contributed by atoms with Crippen molar-refractivity contribution in [1.82, 2.24) is 19.8 Å². The van der Waals surface area contributed by atoms with Gasteiger partial charge in [0.15, 0.2) is 0 Å². The Labute approximate surface area is 239 Å². The maximum atomic E-state index is 13.5. The molecule has 5 rings (SSSR count). The van der Waals surface area contributed by atoms with E-state index in [2.05, 4.69) is 53.1 Å². The van der Waals surface area contributed by atoms with Gasteiger partial charge in [-0.1, -0.05) is 29.8 Å². The first-order valence-electron chi connectivity index (χ1n) is 15.1. The topological polar surface area (TPSA) is 77.0 Å². The molecule has 0 aliphatic carbocycles. The number of aromatic nitrogens is 2. The van der Waals surface area contributed by atoms with Crippen molar-refractivity contribution in [3.8, 4) is 0 Å². The minimum Gasteiger partial charge on any atom is -0.379 e. The number of hydrogen-bond donors (Lipinski definition) is 0. The molecule has 3 saturated heterocycles. The molecule has 0 bridgehead atoms. The van der Waals surface area contributed by atoms with E-state index in [1.165, 1.54) is 17.5 Å². The first-order valence-corrected chi connectivity index (χ1v) is 15.1. The van der Waals surface area contributed by atoms with Crippen molar-refractivity contribution < 1.29 is 19.0 Å². The second-order valence-corrected chi connectivity index (χ2v) is 11.8. The lowest BCUT2D eigenvalue weighted by atomic mass is 9.95. The highest BCUT2D eigenvalue weighted by Crippen LogP contribution is 2.33. The average molecular weight is 551 g/mol. The van der Waals surface area contributed by atoms with Crippen LogP contribution in [0.3, 0.4) is 0 Å². The molecule has 0 spiro atoms. The molecule has 218 valence electrons. The molecular weight excluding hydrogens is 504 g/mol. The van der Waals surface area contributed by atoms with E-state index in [0.717, 1.165) is 75.9 Å². The van der Waals surface area contributed by atoms with Crippen LogP contribution in [-0.4, -0.2) is 90.4 Å². The van der Waals surface area contributed by atoms with Crippen molar-refractivity contribution in [2.45, 2.75) is 95.6 Å². The van der Waals surface area contributed by atoms with E-state index in [-0.39, 0.29) is 24.2 Å². The summed E-state index contributed by atoms with van der Waals surface area (Å²) >= 11 is 0. The van der Waals surface area contributed by atoms with E-state index in [0.29, 0.717) is 24.4 Å². The molecule has 3 aliphatic rings. The van der Waals surface area contributed by atoms with Crippen molar-refractivity contribution in [3.63, 3.8) is 0 Å². The number of hydrogen-bond acceptors (Lipinski definition) is 7. The molecule has 8 heteroatoms. The smallest absolute Gasteiger partial charge is 0.272 e. The molecule has 1 aromatic heterocycles. The number of carbonyl (C=O) groups is 1. The van der Waals surface area contributed by atoms with Gasteiger partial charge in [-0.05, 0) is 77.8 Å². The Morgan fingerprint density at radius 2 is 1.85 bits per heavy atom. The number of benzene rings is 1. The molecular formula is C32H46N4O4. The van der Waals surface area contributed by atoms with Gasteiger partial charge in [-0.15, -0.1) is 0 Å². The fourth-order valence-corrected chi connectivity index (χ4v) is 6.68. The van der Waals surface area contributed by atoms with Gasteiger partial charge in [0.05, 0.1) is 24.9 Å². The minimum atomic E-state index is 0.0245. The van der Waals surface area contributed by atoms with E-state index < -0.39 is 0 Å². The number of rotatable bonds is 8. The third-order valence-corrected chi connectivity index (χ3v) is 9.32. The summed E-state index contributed by atoms with van der Waals surface area (Å²) in [7, 11) is 3.97. The SMILES string of the molecule is CO[C@H]1COCCC1N(C)C1CCN(C(=O)c2ncnc(CC[C@H]3CCC[C@@H](c4ccc(C)cc4)O3)c2C)CC1. The summed E-state index contributed by atoms with van der Waals surface area (Å²) in [4.78, 5) is 27.0. The summed E-state index contributed by atoms with van der Waals surface area (Å²) in [6, 6.07) is 9.50. The van der Waals surface area contributed by atoms with E-state index >= 15 is 0 Å². The number of aryl methyl sites for hydroxylation is 2. The lowest BCUT2D eigenvalue weighted by molar-refractivity contribution is -0.0891. The Kier molecular flexibility index (Phi) is 9.84. The number of amides is 1. The molecule has 8 nitrogen and oxygen atoms in total. The Bertz CT molecular complexity index is 1120. The molecule has 1 unspecified atom stereocenters. The zero-order valence-electron chi connectivity index (χ0n) is 24.7. The molecule has 2 aromatic rings. The number of carbonyl (C=O) groups excluding carboxylic acids is 1. The fourth-order valence-electron chi connectivity index (χ4n) is 6.68. The Morgan fingerprint density at radius 3 is 2.60 bits per heavy atom. The second kappa shape index (κ2) is 13.5. The maximum Gasteiger partial charge on any atom is 0.272 e. The quantitative estimate of drug-likeness (QED) is 0.473. The number of methoxy groups -OCH3 is 1. The monoisotopic (exact) mass is 550 g/mol. The first-order chi connectivity index (χ1) is 19.4. The van der Waals surface area contributed by atoms with Gasteiger partial charge in [-0.2, -0.15) is 0 Å². The van der Waals surface area contributed by atoms with Gasteiger partial charge in [0.25, 0.3) is 5.91 Å². The molecule has 3 aliphatic heterocycles. The van der Waals surface area contributed by atoms with Gasteiger partial charge in [-0.25, -0.2) is 9.97 Å². The van der Waals surface area contributed by atoms with Crippen LogP contribution in [0.1, 0.15) is 83.9 Å². The lowest BCUT2D eigenvalue weighted by Gasteiger charge is -2.44. The predicted molar refractivity (Wildman–Crippen MR) is 154 cm³/mol. The van der Waals surface area contributed by atoms with Crippen molar-refractivity contribution >= 4 is 5.91 Å². The average Bonchev–Trinajstić information content (AvgIpc) is 3.00. The highest BCUT2D eigenvalue weighted by molar-refractivity contribution is 5.93. The van der Waals surface area contributed by atoms with Crippen LogP contribution in [-0.2, 0) is 20.6 Å². The van der Waals surface area contributed by atoms with Crippen molar-refractivity contribution in [2.75, 3.05) is 40.5 Å². The summed E-state index contributed by atoms with van der Waals surface area (Å²) in [6.45, 7) is 7.02. The fraction of sp³-hybridized carbons (Fsp3) is 0.656. The number of likely N-dealkylation sites (tertiary alicyclic amines) is 1. The molecule has 1 amide bonds. The predicted octanol–water partition coefficient (Wildman–Crippen LogP) is 4.68. The van der Waals surface area contributed by atoms with Crippen LogP contribution < -0.4 is 0 Å². The number of nitrogens with zero attached hydrogens (tertiary/aromatic N) is 4. The van der Waals surface area contributed by atoms with E-state index in [9.17, 15) is 4.79 Å². The molecule has 4 heterocycles. The van der Waals surface area contributed by atoms with Crippen LogP contribution in [0.5, 0.6) is 0 Å². The Morgan fingerprint density at radius 1 is 1.07 bits per heavy atom. The van der Waals surface area contributed by atoms with Gasteiger partial charge in [0.1, 0.15) is 12.0 Å². The normalized spacial score (nSPS) is 26.3. The molecule has 0 saturated carbocycles. The zero-order chi connectivity index (χ0) is 28.1. The summed E-state index contributed by atoms with van der Waals surface area (Å²) in [6.07, 6.45) is 9.92. The van der Waals surface area contributed by atoms with Crippen LogP contribution in [0.25, 0.3) is 0 Å². The number of likely N-dealkylation sites (N-methyl/N-ethyl adjacent to an activating group) is 1. The van der Waals surface area contributed by atoms with Gasteiger partial charge in [-0.3, -0.25) is 9.69 Å². The van der Waals surface area contributed by atoms with Gasteiger partial charge >= 0.3 is 0 Å². The third kappa shape index (κ3) is 6.73. The largest absolute Gasteiger partial charge is 0.379 e. The standard InChI is InChI=1S/C32H46N4O4/c1-22-8-10-24(11-9-22)29-7-5-6-26(40-29)12-13-27-23(2)31(34-21-33-27)32(37)36-17-14-25(15-18-36)35(3)28-16-19-39-20-30(28)38-4/h8-11,21,25-26,28-30H,5-7,12-20H2,1-4H3/t26-,28?,29+,30+/m1/s1. The van der Waals surface area contributed by atoms with Crippen LogP contribution in [0.2, 0.25) is 0 Å². The Hall–Kier alpha value is -2.39. The van der Waals surface area contributed by atoms with Gasteiger partial charge in [0.2, 0.25) is 0 Å². The molecule has 1 aromatic carbocycles. The van der Waals surface area contributed by atoms with Gasteiger partial charge < -0.3 is 19.1 Å². The minimum absolute atomic E-state index is 0.0245. The molecule has 0 N–H and O–H groups in total. The van der Waals surface area contributed by atoms with Crippen molar-refractivity contribution in [1.29, 1.82) is 0 Å². The van der Waals surface area contributed by atoms with E-state index in [4.69, 9.17) is 14.2 Å². The summed E-state index contributed by atoms with van der Waals surface area (Å²) < 4.78 is 17.8. The van der Waals surface area contributed by atoms with Crippen LogP contribution >= 0.6 is 0 Å². The summed E-state index contributed by atoms with van der Waals surface area (Å²) in [5.41, 5.74) is 4.94. The van der Waals surface area contributed by atoms with Crippen LogP contribution in [0.15, 0.2) is 30.6 Å². The first kappa shape index (κ1) is 29.1. The van der Waals surface area contributed by atoms with Gasteiger partial charge in [0, 0.05) is 50.1 Å². The molecule has 4 atom stereocenters. The molecule has 40 heavy (non-hydrogen) atoms. The zero-order valence-corrected chi connectivity index (χ0v) is 24.7. The number of piperidine rings is 1. The van der Waals surface area contributed by atoms with Crippen molar-refractivity contribution in [2.24, 2.45) is 0 Å². The van der Waals surface area contributed by atoms with E-state index in [1.54, 1.807) is 13.4 Å². The highest BCUT2D eigenvalue weighted by Gasteiger charge is 2.35. The summed E-state index contributed by atoms with van der Waals surface area (Å²) in [5, 5.41) is 0. The van der Waals surface area contributed by atoms with Crippen LogP contribution in [0, 0.1) is 13.8 Å².